The van der Waals surface area contributed by atoms with Gasteiger partial charge in [-0.2, -0.15) is 0 Å². The predicted octanol–water partition coefficient (Wildman–Crippen LogP) is 0.108. The maximum Gasteiger partial charge on any atom is 0.217 e. The molecule has 3 aliphatic carbocycles. The number of ether oxygens (including phenoxy) is 1. The van der Waals surface area contributed by atoms with Crippen molar-refractivity contribution in [3.05, 3.63) is 23.9 Å². The Labute approximate surface area is 140 Å². The first-order valence-electron chi connectivity index (χ1n) is 8.31. The van der Waals surface area contributed by atoms with Crippen LogP contribution >= 0.6 is 0 Å². The maximum atomic E-state index is 11.7. The largest absolute Gasteiger partial charge is 0.397 e. The van der Waals surface area contributed by atoms with Crippen LogP contribution in [-0.2, 0) is 9.53 Å². The highest BCUT2D eigenvalue weighted by Gasteiger charge is 2.78. The van der Waals surface area contributed by atoms with Crippen LogP contribution in [-0.4, -0.2) is 47.4 Å². The number of aliphatic imine (C=N–C) groups is 1. The number of rotatable bonds is 3. The summed E-state index contributed by atoms with van der Waals surface area (Å²) in [5.74, 6) is 0.522. The fraction of sp³-hybridized carbons (Fsp3) is 0.588. The van der Waals surface area contributed by atoms with Gasteiger partial charge in [0.25, 0.3) is 0 Å². The lowest BCUT2D eigenvalue weighted by Crippen LogP contribution is -2.51. The zero-order valence-corrected chi connectivity index (χ0v) is 13.5. The first-order chi connectivity index (χ1) is 11.5. The summed E-state index contributed by atoms with van der Waals surface area (Å²) in [5.41, 5.74) is 7.24. The van der Waals surface area contributed by atoms with Crippen molar-refractivity contribution in [1.82, 2.24) is 5.32 Å². The lowest BCUT2D eigenvalue weighted by Gasteiger charge is -2.33. The van der Waals surface area contributed by atoms with Gasteiger partial charge in [-0.15, -0.1) is 0 Å². The van der Waals surface area contributed by atoms with Gasteiger partial charge in [-0.25, -0.2) is 0 Å². The molecule has 5 atom stereocenters. The number of aliphatic hydroxyl groups excluding tert-OH is 1. The van der Waals surface area contributed by atoms with E-state index in [-0.39, 0.29) is 35.8 Å². The molecule has 0 aromatic heterocycles. The van der Waals surface area contributed by atoms with E-state index in [9.17, 15) is 9.90 Å². The molecule has 5 N–H and O–H groups in total. The van der Waals surface area contributed by atoms with Crippen molar-refractivity contribution in [3.8, 4) is 0 Å². The van der Waals surface area contributed by atoms with E-state index in [1.165, 1.54) is 6.92 Å². The van der Waals surface area contributed by atoms with Crippen molar-refractivity contribution < 1.29 is 14.6 Å². The number of aliphatic hydroxyl groups is 1. The molecule has 128 valence electrons. The average Bonchev–Trinajstić information content (AvgIpc) is 3.44. The molecule has 0 radical (unpaired) electrons. The van der Waals surface area contributed by atoms with E-state index in [1.54, 1.807) is 18.2 Å². The lowest BCUT2D eigenvalue weighted by molar-refractivity contribution is -0.126. The summed E-state index contributed by atoms with van der Waals surface area (Å²) in [6.07, 6.45) is 6.42. The SMILES string of the molecule is CC(=O)N[C@@H]1C(N=C2C=CC(=N)C(N)=C2)OC(CO)C2C1C21CC1. The summed E-state index contributed by atoms with van der Waals surface area (Å²) in [6, 6.07) is -0.185. The van der Waals surface area contributed by atoms with Crippen LogP contribution in [0.1, 0.15) is 19.8 Å². The van der Waals surface area contributed by atoms with E-state index >= 15 is 0 Å². The molecule has 4 rings (SSSR count). The zero-order valence-electron chi connectivity index (χ0n) is 13.5. The van der Waals surface area contributed by atoms with Gasteiger partial charge < -0.3 is 20.9 Å². The fourth-order valence-corrected chi connectivity index (χ4v) is 4.52. The Balaban J connectivity index is 1.63. The minimum atomic E-state index is -0.553. The quantitative estimate of drug-likeness (QED) is 0.549. The summed E-state index contributed by atoms with van der Waals surface area (Å²) in [5, 5.41) is 20.3. The standard InChI is InChI=1S/C17H22N4O3/c1-8(23)20-15-14-13(17(14)4-5-17)12(7-22)24-16(15)21-9-2-3-10(18)11(19)6-9/h2-3,6,12-16,18,22H,4-5,7,19H2,1H3,(H,20,23)/t12?,13?,14?,15-,16?/m0/s1. The summed E-state index contributed by atoms with van der Waals surface area (Å²) >= 11 is 0. The number of nitrogens with one attached hydrogen (secondary N) is 2. The molecule has 0 aromatic carbocycles. The van der Waals surface area contributed by atoms with E-state index in [0.29, 0.717) is 23.2 Å². The normalized spacial score (nSPS) is 40.2. The molecule has 1 spiro atoms. The van der Waals surface area contributed by atoms with Gasteiger partial charge in [0.05, 0.1) is 35.9 Å². The number of hydrogen-bond acceptors (Lipinski definition) is 6. The van der Waals surface area contributed by atoms with Gasteiger partial charge in [-0.1, -0.05) is 0 Å². The van der Waals surface area contributed by atoms with Crippen molar-refractivity contribution in [1.29, 1.82) is 5.41 Å². The first kappa shape index (κ1) is 15.5. The van der Waals surface area contributed by atoms with Gasteiger partial charge in [0, 0.05) is 6.92 Å². The van der Waals surface area contributed by atoms with Gasteiger partial charge in [0.2, 0.25) is 5.91 Å². The van der Waals surface area contributed by atoms with E-state index in [4.69, 9.17) is 15.9 Å². The molecular weight excluding hydrogens is 308 g/mol. The summed E-state index contributed by atoms with van der Waals surface area (Å²) in [6.45, 7) is 1.47. The molecular formula is C17H22N4O3. The molecule has 4 aliphatic rings. The molecule has 1 aliphatic heterocycles. The van der Waals surface area contributed by atoms with Crippen LogP contribution in [0.2, 0.25) is 0 Å². The van der Waals surface area contributed by atoms with Gasteiger partial charge >= 0.3 is 0 Å². The van der Waals surface area contributed by atoms with Crippen LogP contribution in [0, 0.1) is 22.7 Å². The molecule has 0 aromatic rings. The Morgan fingerprint density at radius 1 is 1.50 bits per heavy atom. The van der Waals surface area contributed by atoms with Gasteiger partial charge in [0.1, 0.15) is 0 Å². The highest BCUT2D eigenvalue weighted by molar-refractivity contribution is 6.19. The van der Waals surface area contributed by atoms with Crippen LogP contribution < -0.4 is 11.1 Å². The number of nitrogens with two attached hydrogens (primary N) is 1. The number of carbonyl (C=O) groups excluding carboxylic acids is 1. The Kier molecular flexibility index (Phi) is 3.40. The molecule has 1 heterocycles. The Morgan fingerprint density at radius 3 is 2.83 bits per heavy atom. The third-order valence-electron chi connectivity index (χ3n) is 5.70. The number of carbonyl (C=O) groups is 1. The van der Waals surface area contributed by atoms with Crippen molar-refractivity contribution in [2.24, 2.45) is 28.0 Å². The molecule has 4 unspecified atom stereocenters. The van der Waals surface area contributed by atoms with Gasteiger partial charge in [0.15, 0.2) is 6.23 Å². The minimum Gasteiger partial charge on any atom is -0.397 e. The predicted molar refractivity (Wildman–Crippen MR) is 88.6 cm³/mol. The lowest BCUT2D eigenvalue weighted by atomic mass is 10.0. The van der Waals surface area contributed by atoms with Crippen molar-refractivity contribution >= 4 is 17.3 Å². The molecule has 7 nitrogen and oxygen atoms in total. The van der Waals surface area contributed by atoms with Crippen LogP contribution in [0.25, 0.3) is 0 Å². The van der Waals surface area contributed by atoms with Crippen molar-refractivity contribution in [3.63, 3.8) is 0 Å². The topological polar surface area (TPSA) is 121 Å². The highest BCUT2D eigenvalue weighted by Crippen LogP contribution is 2.78. The summed E-state index contributed by atoms with van der Waals surface area (Å²) < 4.78 is 6.03. The summed E-state index contributed by atoms with van der Waals surface area (Å²) in [4.78, 5) is 16.3. The minimum absolute atomic E-state index is 0.0322. The van der Waals surface area contributed by atoms with E-state index in [1.807, 2.05) is 0 Å². The number of fused-ring (bicyclic) bond motifs is 3. The summed E-state index contributed by atoms with van der Waals surface area (Å²) in [7, 11) is 0. The second-order valence-corrected chi connectivity index (χ2v) is 7.16. The van der Waals surface area contributed by atoms with Crippen LogP contribution in [0.15, 0.2) is 28.9 Å². The zero-order chi connectivity index (χ0) is 17.1. The highest BCUT2D eigenvalue weighted by atomic mass is 16.5. The second kappa shape index (κ2) is 5.26. The Bertz CT molecular complexity index is 692. The molecule has 3 fully saturated rings. The van der Waals surface area contributed by atoms with E-state index in [0.717, 1.165) is 12.8 Å². The molecule has 2 saturated carbocycles. The number of amides is 1. The van der Waals surface area contributed by atoms with Crippen LogP contribution in [0.4, 0.5) is 0 Å². The third-order valence-corrected chi connectivity index (χ3v) is 5.70. The Hall–Kier alpha value is -1.99. The molecule has 7 heteroatoms. The fourth-order valence-electron chi connectivity index (χ4n) is 4.52. The number of nitrogens with zero attached hydrogens (tertiary/aromatic N) is 1. The third kappa shape index (κ3) is 2.31. The van der Waals surface area contributed by atoms with E-state index in [2.05, 4.69) is 10.3 Å². The monoisotopic (exact) mass is 330 g/mol. The van der Waals surface area contributed by atoms with Crippen molar-refractivity contribution in [2.75, 3.05) is 6.61 Å². The van der Waals surface area contributed by atoms with Crippen LogP contribution in [0.5, 0.6) is 0 Å². The smallest absolute Gasteiger partial charge is 0.217 e. The maximum absolute atomic E-state index is 11.7. The molecule has 1 saturated heterocycles. The average molecular weight is 330 g/mol. The number of allylic oxidation sites excluding steroid dienone is 3. The second-order valence-electron chi connectivity index (χ2n) is 7.16. The molecule has 0 bridgehead atoms. The van der Waals surface area contributed by atoms with Gasteiger partial charge in [-0.05, 0) is 48.3 Å². The van der Waals surface area contributed by atoms with E-state index < -0.39 is 6.23 Å². The molecule has 24 heavy (non-hydrogen) atoms. The van der Waals surface area contributed by atoms with Crippen molar-refractivity contribution in [2.45, 2.75) is 38.1 Å². The number of hydrogen-bond donors (Lipinski definition) is 4. The van der Waals surface area contributed by atoms with Crippen LogP contribution in [0.3, 0.4) is 0 Å². The molecule has 1 amide bonds. The van der Waals surface area contributed by atoms with Gasteiger partial charge in [-0.3, -0.25) is 15.2 Å². The first-order valence-corrected chi connectivity index (χ1v) is 8.31. The Morgan fingerprint density at radius 2 is 2.25 bits per heavy atom.